The topological polar surface area (TPSA) is 17.1 Å². The summed E-state index contributed by atoms with van der Waals surface area (Å²) < 4.78 is 0. The van der Waals surface area contributed by atoms with Crippen LogP contribution in [0, 0.1) is 12.8 Å². The lowest BCUT2D eigenvalue weighted by molar-refractivity contribution is -0.116. The Bertz CT molecular complexity index is 412. The predicted molar refractivity (Wildman–Crippen MR) is 67.2 cm³/mol. The molecule has 1 heteroatoms. The van der Waals surface area contributed by atoms with Crippen LogP contribution in [0.15, 0.2) is 29.8 Å². The average molecular weight is 214 g/mol. The number of allylic oxidation sites excluding steroid dienone is 1. The predicted octanol–water partition coefficient (Wildman–Crippen LogP) is 3.77. The van der Waals surface area contributed by atoms with Gasteiger partial charge in [-0.25, -0.2) is 0 Å². The summed E-state index contributed by atoms with van der Waals surface area (Å²) in [6.07, 6.45) is 4.76. The number of benzene rings is 1. The van der Waals surface area contributed by atoms with E-state index in [1.54, 1.807) is 0 Å². The largest absolute Gasteiger partial charge is 0.295 e. The Morgan fingerprint density at radius 1 is 1.25 bits per heavy atom. The summed E-state index contributed by atoms with van der Waals surface area (Å²) in [5.41, 5.74) is 3.40. The van der Waals surface area contributed by atoms with Crippen LogP contribution in [-0.4, -0.2) is 5.78 Å². The quantitative estimate of drug-likeness (QED) is 0.650. The molecule has 0 aromatic heterocycles. The van der Waals surface area contributed by atoms with Crippen molar-refractivity contribution in [2.45, 2.75) is 33.1 Å². The Labute approximate surface area is 97.2 Å². The van der Waals surface area contributed by atoms with Gasteiger partial charge in [-0.15, -0.1) is 0 Å². The summed E-state index contributed by atoms with van der Waals surface area (Å²) in [5.74, 6) is 0.980. The fraction of sp³-hybridized carbons (Fsp3) is 0.400. The van der Waals surface area contributed by atoms with Gasteiger partial charge in [0.1, 0.15) is 0 Å². The third-order valence-electron chi connectivity index (χ3n) is 3.21. The second-order valence-corrected chi connectivity index (χ2v) is 4.85. The summed E-state index contributed by atoms with van der Waals surface area (Å²) >= 11 is 0. The lowest BCUT2D eigenvalue weighted by Gasteiger charge is -2.19. The van der Waals surface area contributed by atoms with Crippen molar-refractivity contribution in [3.05, 3.63) is 41.0 Å². The highest BCUT2D eigenvalue weighted by atomic mass is 16.1. The maximum atomic E-state index is 11.7. The van der Waals surface area contributed by atoms with Gasteiger partial charge in [-0.2, -0.15) is 0 Å². The number of aryl methyl sites for hydroxylation is 1. The molecule has 1 atom stereocenters. The van der Waals surface area contributed by atoms with E-state index in [0.29, 0.717) is 11.7 Å². The van der Waals surface area contributed by atoms with Crippen LogP contribution in [0.4, 0.5) is 0 Å². The van der Waals surface area contributed by atoms with Gasteiger partial charge in [0.2, 0.25) is 0 Å². The van der Waals surface area contributed by atoms with Crippen LogP contribution in [0.2, 0.25) is 0 Å². The molecule has 0 N–H and O–H groups in total. The monoisotopic (exact) mass is 214 g/mol. The minimum absolute atomic E-state index is 0.332. The van der Waals surface area contributed by atoms with Gasteiger partial charge in [-0.05, 0) is 42.9 Å². The molecule has 16 heavy (non-hydrogen) atoms. The molecule has 1 nitrogen and oxygen atoms in total. The van der Waals surface area contributed by atoms with Crippen molar-refractivity contribution < 1.29 is 4.79 Å². The molecule has 1 saturated carbocycles. The molecule has 1 unspecified atom stereocenters. The summed E-state index contributed by atoms with van der Waals surface area (Å²) in [6, 6.07) is 8.33. The number of rotatable bonds is 1. The molecule has 0 aliphatic heterocycles. The van der Waals surface area contributed by atoms with Gasteiger partial charge >= 0.3 is 0 Å². The lowest BCUT2D eigenvalue weighted by Crippen LogP contribution is -2.14. The maximum absolute atomic E-state index is 11.7. The molecule has 84 valence electrons. The SMILES string of the molecule is Cc1ccc(/C=C2/CC(C)CCC2=O)cc1. The molecule has 0 saturated heterocycles. The van der Waals surface area contributed by atoms with E-state index in [0.717, 1.165) is 30.4 Å². The summed E-state index contributed by atoms with van der Waals surface area (Å²) in [4.78, 5) is 11.7. The van der Waals surface area contributed by atoms with E-state index in [1.807, 2.05) is 0 Å². The third kappa shape index (κ3) is 2.60. The minimum Gasteiger partial charge on any atom is -0.295 e. The fourth-order valence-electron chi connectivity index (χ4n) is 2.13. The zero-order valence-corrected chi connectivity index (χ0v) is 9.99. The van der Waals surface area contributed by atoms with E-state index in [-0.39, 0.29) is 0 Å². The molecule has 0 spiro atoms. The van der Waals surface area contributed by atoms with Crippen LogP contribution in [0.3, 0.4) is 0 Å². The molecule has 1 aliphatic rings. The van der Waals surface area contributed by atoms with Crippen molar-refractivity contribution in [3.8, 4) is 0 Å². The van der Waals surface area contributed by atoms with Crippen molar-refractivity contribution in [2.24, 2.45) is 5.92 Å². The van der Waals surface area contributed by atoms with Crippen LogP contribution in [0.1, 0.15) is 37.3 Å². The number of carbonyl (C=O) groups is 1. The van der Waals surface area contributed by atoms with E-state index in [2.05, 4.69) is 44.2 Å². The Morgan fingerprint density at radius 2 is 1.94 bits per heavy atom. The number of Topliss-reactive ketones (excluding diaryl/α,β-unsaturated/α-hetero) is 1. The number of hydrogen-bond acceptors (Lipinski definition) is 1. The maximum Gasteiger partial charge on any atom is 0.158 e. The van der Waals surface area contributed by atoms with Crippen LogP contribution < -0.4 is 0 Å². The Balaban J connectivity index is 2.22. The minimum atomic E-state index is 0.332. The standard InChI is InChI=1S/C15H18O/c1-11-3-6-13(7-4-11)10-14-9-12(2)5-8-15(14)16/h3-4,6-7,10,12H,5,8-9H2,1-2H3/b14-10-. The molecule has 1 aliphatic carbocycles. The first-order valence-corrected chi connectivity index (χ1v) is 5.95. The van der Waals surface area contributed by atoms with Gasteiger partial charge in [-0.1, -0.05) is 36.8 Å². The molecule has 1 aromatic carbocycles. The summed E-state index contributed by atoms with van der Waals surface area (Å²) in [5, 5.41) is 0. The van der Waals surface area contributed by atoms with Crippen molar-refractivity contribution in [1.82, 2.24) is 0 Å². The normalized spacial score (nSPS) is 23.8. The smallest absolute Gasteiger partial charge is 0.158 e. The molecular weight excluding hydrogens is 196 g/mol. The first-order chi connectivity index (χ1) is 7.65. The van der Waals surface area contributed by atoms with Gasteiger partial charge in [-0.3, -0.25) is 4.79 Å². The summed E-state index contributed by atoms with van der Waals surface area (Å²) in [7, 11) is 0. The van der Waals surface area contributed by atoms with E-state index in [4.69, 9.17) is 0 Å². The van der Waals surface area contributed by atoms with Gasteiger partial charge in [0.15, 0.2) is 5.78 Å². The van der Waals surface area contributed by atoms with Crippen molar-refractivity contribution in [1.29, 1.82) is 0 Å². The highest BCUT2D eigenvalue weighted by molar-refractivity contribution is 6.00. The van der Waals surface area contributed by atoms with Gasteiger partial charge in [0.25, 0.3) is 0 Å². The van der Waals surface area contributed by atoms with Crippen molar-refractivity contribution in [3.63, 3.8) is 0 Å². The molecule has 1 aromatic rings. The zero-order valence-electron chi connectivity index (χ0n) is 9.99. The molecule has 1 fully saturated rings. The molecule has 2 rings (SSSR count). The first-order valence-electron chi connectivity index (χ1n) is 5.95. The van der Waals surface area contributed by atoms with Gasteiger partial charge in [0.05, 0.1) is 0 Å². The average Bonchev–Trinajstić information content (AvgIpc) is 2.27. The number of ketones is 1. The van der Waals surface area contributed by atoms with Crippen LogP contribution in [0.5, 0.6) is 0 Å². The summed E-state index contributed by atoms with van der Waals surface area (Å²) in [6.45, 7) is 4.29. The Hall–Kier alpha value is -1.37. The van der Waals surface area contributed by atoms with Crippen molar-refractivity contribution >= 4 is 11.9 Å². The zero-order chi connectivity index (χ0) is 11.5. The van der Waals surface area contributed by atoms with Crippen molar-refractivity contribution in [2.75, 3.05) is 0 Å². The van der Waals surface area contributed by atoms with E-state index < -0.39 is 0 Å². The first kappa shape index (κ1) is 11.1. The second-order valence-electron chi connectivity index (χ2n) is 4.85. The van der Waals surface area contributed by atoms with E-state index >= 15 is 0 Å². The molecule has 0 amide bonds. The fourth-order valence-corrected chi connectivity index (χ4v) is 2.13. The molecule has 0 radical (unpaired) electrons. The molecule has 0 bridgehead atoms. The van der Waals surface area contributed by atoms with E-state index in [1.165, 1.54) is 5.56 Å². The highest BCUT2D eigenvalue weighted by Gasteiger charge is 2.19. The molecule has 0 heterocycles. The second kappa shape index (κ2) is 4.65. The Kier molecular flexibility index (Phi) is 3.23. The highest BCUT2D eigenvalue weighted by Crippen LogP contribution is 2.26. The number of hydrogen-bond donors (Lipinski definition) is 0. The van der Waals surface area contributed by atoms with Crippen LogP contribution in [0.25, 0.3) is 6.08 Å². The lowest BCUT2D eigenvalue weighted by atomic mass is 9.85. The number of carbonyl (C=O) groups excluding carboxylic acids is 1. The van der Waals surface area contributed by atoms with Gasteiger partial charge in [0, 0.05) is 6.42 Å². The Morgan fingerprint density at radius 3 is 2.62 bits per heavy atom. The van der Waals surface area contributed by atoms with E-state index in [9.17, 15) is 4.79 Å². The van der Waals surface area contributed by atoms with Crippen LogP contribution >= 0.6 is 0 Å². The molecular formula is C15H18O. The van der Waals surface area contributed by atoms with Gasteiger partial charge < -0.3 is 0 Å². The van der Waals surface area contributed by atoms with Crippen LogP contribution in [-0.2, 0) is 4.79 Å². The third-order valence-corrected chi connectivity index (χ3v) is 3.21.